The molecule has 0 aliphatic rings. The molecule has 2 heterocycles. The van der Waals surface area contributed by atoms with E-state index in [4.69, 9.17) is 0 Å². The Morgan fingerprint density at radius 3 is 3.19 bits per heavy atom. The third kappa shape index (κ3) is 2.70. The van der Waals surface area contributed by atoms with E-state index in [1.807, 2.05) is 36.0 Å². The summed E-state index contributed by atoms with van der Waals surface area (Å²) in [4.78, 5) is 11.7. The van der Waals surface area contributed by atoms with Crippen LogP contribution in [0.15, 0.2) is 35.3 Å². The van der Waals surface area contributed by atoms with Gasteiger partial charge >= 0.3 is 0 Å². The summed E-state index contributed by atoms with van der Waals surface area (Å²) >= 11 is 1.52. The molecular weight excluding hydrogens is 222 g/mol. The fraction of sp³-hybridized carbons (Fsp3) is 0.273. The van der Waals surface area contributed by atoms with Gasteiger partial charge in [-0.25, -0.2) is 0 Å². The molecule has 16 heavy (non-hydrogen) atoms. The lowest BCUT2D eigenvalue weighted by Crippen LogP contribution is -2.35. The van der Waals surface area contributed by atoms with E-state index in [2.05, 4.69) is 10.4 Å². The monoisotopic (exact) mass is 235 g/mol. The maximum Gasteiger partial charge on any atom is 0.252 e. The van der Waals surface area contributed by atoms with Gasteiger partial charge in [-0.05, 0) is 24.4 Å². The Labute approximate surface area is 97.9 Å². The van der Waals surface area contributed by atoms with Crippen LogP contribution in [0, 0.1) is 0 Å². The van der Waals surface area contributed by atoms with Gasteiger partial charge in [0.1, 0.15) is 0 Å². The number of amides is 1. The van der Waals surface area contributed by atoms with E-state index in [0.717, 1.165) is 5.56 Å². The average Bonchev–Trinajstić information content (AvgIpc) is 2.88. The predicted molar refractivity (Wildman–Crippen MR) is 63.5 cm³/mol. The Balaban J connectivity index is 1.88. The van der Waals surface area contributed by atoms with Gasteiger partial charge in [0.2, 0.25) is 0 Å². The van der Waals surface area contributed by atoms with Crippen LogP contribution in [0.2, 0.25) is 0 Å². The molecule has 1 amide bonds. The quantitative estimate of drug-likeness (QED) is 0.877. The van der Waals surface area contributed by atoms with Crippen LogP contribution in [0.5, 0.6) is 0 Å². The molecule has 0 spiro atoms. The molecule has 2 aromatic rings. The van der Waals surface area contributed by atoms with E-state index < -0.39 is 0 Å². The Morgan fingerprint density at radius 1 is 1.69 bits per heavy atom. The van der Waals surface area contributed by atoms with Crippen LogP contribution in [0.25, 0.3) is 0 Å². The molecule has 0 bridgehead atoms. The molecule has 1 unspecified atom stereocenters. The molecule has 1 N–H and O–H groups in total. The lowest BCUT2D eigenvalue weighted by Gasteiger charge is -2.13. The molecule has 0 radical (unpaired) electrons. The predicted octanol–water partition coefficient (Wildman–Crippen LogP) is 1.76. The molecule has 5 heteroatoms. The van der Waals surface area contributed by atoms with Crippen LogP contribution in [-0.4, -0.2) is 21.7 Å². The third-order valence-electron chi connectivity index (χ3n) is 2.18. The highest BCUT2D eigenvalue weighted by molar-refractivity contribution is 7.08. The first kappa shape index (κ1) is 10.9. The van der Waals surface area contributed by atoms with E-state index in [9.17, 15) is 4.79 Å². The first-order chi connectivity index (χ1) is 7.75. The van der Waals surface area contributed by atoms with Crippen molar-refractivity contribution in [1.29, 1.82) is 0 Å². The van der Waals surface area contributed by atoms with Crippen LogP contribution in [-0.2, 0) is 6.54 Å². The molecule has 0 fully saturated rings. The summed E-state index contributed by atoms with van der Waals surface area (Å²) in [5.41, 5.74) is 0.720. The van der Waals surface area contributed by atoms with Crippen LogP contribution in [0.4, 0.5) is 0 Å². The Bertz CT molecular complexity index is 436. The number of rotatable bonds is 4. The summed E-state index contributed by atoms with van der Waals surface area (Å²) in [6.07, 6.45) is 3.61. The highest BCUT2D eigenvalue weighted by Gasteiger charge is 2.10. The van der Waals surface area contributed by atoms with Crippen molar-refractivity contribution in [3.8, 4) is 0 Å². The molecule has 84 valence electrons. The molecule has 0 aromatic carbocycles. The topological polar surface area (TPSA) is 46.9 Å². The number of hydrogen-bond donors (Lipinski definition) is 1. The molecule has 0 aliphatic heterocycles. The standard InChI is InChI=1S/C11H13N3OS/c1-9(7-14-5-2-4-12-14)13-11(15)10-3-6-16-8-10/h2-6,8-9H,7H2,1H3,(H,13,15). The molecular formula is C11H13N3OS. The zero-order valence-corrected chi connectivity index (χ0v) is 9.78. The Morgan fingerprint density at radius 2 is 2.56 bits per heavy atom. The van der Waals surface area contributed by atoms with Gasteiger partial charge in [-0.3, -0.25) is 9.48 Å². The second-order valence-electron chi connectivity index (χ2n) is 3.61. The van der Waals surface area contributed by atoms with Crippen molar-refractivity contribution in [3.05, 3.63) is 40.8 Å². The highest BCUT2D eigenvalue weighted by Crippen LogP contribution is 2.05. The van der Waals surface area contributed by atoms with Crippen molar-refractivity contribution in [2.75, 3.05) is 0 Å². The van der Waals surface area contributed by atoms with Gasteiger partial charge in [0, 0.05) is 29.4 Å². The second-order valence-corrected chi connectivity index (χ2v) is 4.39. The fourth-order valence-electron chi connectivity index (χ4n) is 1.44. The Hall–Kier alpha value is -1.62. The van der Waals surface area contributed by atoms with Crippen molar-refractivity contribution in [2.24, 2.45) is 0 Å². The van der Waals surface area contributed by atoms with Crippen LogP contribution in [0.3, 0.4) is 0 Å². The molecule has 4 nitrogen and oxygen atoms in total. The van der Waals surface area contributed by atoms with E-state index in [1.54, 1.807) is 10.9 Å². The van der Waals surface area contributed by atoms with Gasteiger partial charge in [-0.15, -0.1) is 0 Å². The molecule has 0 aliphatic carbocycles. The minimum absolute atomic E-state index is 0.0269. The summed E-state index contributed by atoms with van der Waals surface area (Å²) < 4.78 is 1.80. The summed E-state index contributed by atoms with van der Waals surface area (Å²) in [6, 6.07) is 3.75. The number of thiophene rings is 1. The minimum atomic E-state index is -0.0269. The zero-order valence-electron chi connectivity index (χ0n) is 8.96. The number of nitrogens with zero attached hydrogens (tertiary/aromatic N) is 2. The maximum absolute atomic E-state index is 11.7. The molecule has 2 rings (SSSR count). The van der Waals surface area contributed by atoms with Crippen LogP contribution in [0.1, 0.15) is 17.3 Å². The van der Waals surface area contributed by atoms with Crippen molar-refractivity contribution < 1.29 is 4.79 Å². The average molecular weight is 235 g/mol. The number of nitrogens with one attached hydrogen (secondary N) is 1. The second kappa shape index (κ2) is 4.94. The summed E-state index contributed by atoms with van der Waals surface area (Å²) in [7, 11) is 0. The zero-order chi connectivity index (χ0) is 11.4. The highest BCUT2D eigenvalue weighted by atomic mass is 32.1. The lowest BCUT2D eigenvalue weighted by molar-refractivity contribution is 0.0936. The lowest BCUT2D eigenvalue weighted by atomic mass is 10.2. The van der Waals surface area contributed by atoms with Crippen molar-refractivity contribution in [1.82, 2.24) is 15.1 Å². The van der Waals surface area contributed by atoms with E-state index >= 15 is 0 Å². The minimum Gasteiger partial charge on any atom is -0.348 e. The van der Waals surface area contributed by atoms with Gasteiger partial charge in [0.05, 0.1) is 6.54 Å². The van der Waals surface area contributed by atoms with E-state index in [1.165, 1.54) is 11.3 Å². The third-order valence-corrected chi connectivity index (χ3v) is 2.86. The number of aromatic nitrogens is 2. The van der Waals surface area contributed by atoms with Crippen molar-refractivity contribution in [3.63, 3.8) is 0 Å². The number of carbonyl (C=O) groups excluding carboxylic acids is 1. The largest absolute Gasteiger partial charge is 0.348 e. The van der Waals surface area contributed by atoms with E-state index in [0.29, 0.717) is 6.54 Å². The van der Waals surface area contributed by atoms with Gasteiger partial charge in [0.25, 0.3) is 5.91 Å². The van der Waals surface area contributed by atoms with E-state index in [-0.39, 0.29) is 11.9 Å². The molecule has 0 saturated heterocycles. The first-order valence-electron chi connectivity index (χ1n) is 5.06. The van der Waals surface area contributed by atoms with Crippen molar-refractivity contribution in [2.45, 2.75) is 19.5 Å². The Kier molecular flexibility index (Phi) is 3.36. The number of hydrogen-bond acceptors (Lipinski definition) is 3. The van der Waals surface area contributed by atoms with Gasteiger partial charge in [-0.1, -0.05) is 0 Å². The van der Waals surface area contributed by atoms with Crippen LogP contribution < -0.4 is 5.32 Å². The maximum atomic E-state index is 11.7. The SMILES string of the molecule is CC(Cn1cccn1)NC(=O)c1ccsc1. The number of carbonyl (C=O) groups is 1. The first-order valence-corrected chi connectivity index (χ1v) is 6.00. The fourth-order valence-corrected chi connectivity index (χ4v) is 2.07. The summed E-state index contributed by atoms with van der Waals surface area (Å²) in [5, 5.41) is 10.8. The summed E-state index contributed by atoms with van der Waals surface area (Å²) in [5.74, 6) is -0.0269. The normalized spacial score (nSPS) is 12.3. The molecule has 2 aromatic heterocycles. The van der Waals surface area contributed by atoms with Crippen LogP contribution >= 0.6 is 11.3 Å². The van der Waals surface area contributed by atoms with Crippen molar-refractivity contribution >= 4 is 17.2 Å². The smallest absolute Gasteiger partial charge is 0.252 e. The van der Waals surface area contributed by atoms with Gasteiger partial charge < -0.3 is 5.32 Å². The molecule has 0 saturated carbocycles. The van der Waals surface area contributed by atoms with Gasteiger partial charge in [0.15, 0.2) is 0 Å². The molecule has 1 atom stereocenters. The summed E-state index contributed by atoms with van der Waals surface area (Å²) in [6.45, 7) is 2.65. The van der Waals surface area contributed by atoms with Gasteiger partial charge in [-0.2, -0.15) is 16.4 Å².